The van der Waals surface area contributed by atoms with Crippen molar-refractivity contribution in [1.29, 1.82) is 0 Å². The molecule has 0 radical (unpaired) electrons. The standard InChI is InChI=1S/C11H18N2OS/c1-6(12)9-13-7-8(15-9)11(4,5)14-10(7,2)3/h6H,12H2,1-5H3. The van der Waals surface area contributed by atoms with Gasteiger partial charge in [-0.05, 0) is 34.6 Å². The zero-order chi connectivity index (χ0) is 11.4. The van der Waals surface area contributed by atoms with Crippen molar-refractivity contribution in [3.63, 3.8) is 0 Å². The summed E-state index contributed by atoms with van der Waals surface area (Å²) in [5.74, 6) is 0. The molecule has 4 heteroatoms. The predicted molar refractivity (Wildman–Crippen MR) is 61.9 cm³/mol. The average Bonchev–Trinajstić information content (AvgIpc) is 2.50. The highest BCUT2D eigenvalue weighted by Crippen LogP contribution is 2.49. The largest absolute Gasteiger partial charge is 0.358 e. The van der Waals surface area contributed by atoms with Gasteiger partial charge in [-0.2, -0.15) is 0 Å². The van der Waals surface area contributed by atoms with E-state index in [0.29, 0.717) is 0 Å². The molecule has 0 saturated heterocycles. The lowest BCUT2D eigenvalue weighted by Gasteiger charge is -2.24. The van der Waals surface area contributed by atoms with Crippen molar-refractivity contribution in [3.05, 3.63) is 15.6 Å². The van der Waals surface area contributed by atoms with Gasteiger partial charge in [-0.15, -0.1) is 11.3 Å². The minimum atomic E-state index is -0.289. The van der Waals surface area contributed by atoms with Gasteiger partial charge in [0.15, 0.2) is 0 Å². The lowest BCUT2D eigenvalue weighted by molar-refractivity contribution is -0.105. The second-order valence-corrected chi connectivity index (χ2v) is 6.17. The normalized spacial score (nSPS) is 23.9. The maximum absolute atomic E-state index is 5.99. The SMILES string of the molecule is CC(N)c1nc2c(s1)C(C)(C)OC2(C)C. The number of fused-ring (bicyclic) bond motifs is 1. The van der Waals surface area contributed by atoms with Crippen molar-refractivity contribution in [1.82, 2.24) is 4.98 Å². The lowest BCUT2D eigenvalue weighted by atomic mass is 10.0. The summed E-state index contributed by atoms with van der Waals surface area (Å²) in [6, 6.07) is 0.00667. The Balaban J connectivity index is 2.55. The maximum atomic E-state index is 5.99. The number of nitrogens with two attached hydrogens (primary N) is 1. The molecule has 1 aromatic heterocycles. The van der Waals surface area contributed by atoms with Gasteiger partial charge in [-0.25, -0.2) is 4.98 Å². The molecule has 2 N–H and O–H groups in total. The van der Waals surface area contributed by atoms with Gasteiger partial charge < -0.3 is 10.5 Å². The molecule has 0 aromatic carbocycles. The van der Waals surface area contributed by atoms with E-state index in [2.05, 4.69) is 32.7 Å². The first kappa shape index (κ1) is 11.0. The summed E-state index contributed by atoms with van der Waals surface area (Å²) in [5.41, 5.74) is 6.40. The smallest absolute Gasteiger partial charge is 0.110 e. The first-order valence-electron chi connectivity index (χ1n) is 5.21. The van der Waals surface area contributed by atoms with E-state index < -0.39 is 0 Å². The number of nitrogens with zero attached hydrogens (tertiary/aromatic N) is 1. The number of thiazole rings is 1. The predicted octanol–water partition coefficient (Wildman–Crippen LogP) is 2.66. The van der Waals surface area contributed by atoms with E-state index in [1.54, 1.807) is 11.3 Å². The minimum absolute atomic E-state index is 0.00667. The number of aromatic nitrogens is 1. The monoisotopic (exact) mass is 226 g/mol. The number of rotatable bonds is 1. The molecule has 15 heavy (non-hydrogen) atoms. The Morgan fingerprint density at radius 3 is 2.33 bits per heavy atom. The van der Waals surface area contributed by atoms with Crippen molar-refractivity contribution in [2.24, 2.45) is 5.73 Å². The second-order valence-electron chi connectivity index (χ2n) is 5.14. The van der Waals surface area contributed by atoms with Crippen LogP contribution in [0.3, 0.4) is 0 Å². The molecule has 0 spiro atoms. The van der Waals surface area contributed by atoms with E-state index in [-0.39, 0.29) is 17.2 Å². The summed E-state index contributed by atoms with van der Waals surface area (Å²) in [6.07, 6.45) is 0. The van der Waals surface area contributed by atoms with E-state index >= 15 is 0 Å². The van der Waals surface area contributed by atoms with Crippen LogP contribution >= 0.6 is 11.3 Å². The summed E-state index contributed by atoms with van der Waals surface area (Å²) >= 11 is 1.68. The summed E-state index contributed by atoms with van der Waals surface area (Å²) in [5, 5.41) is 1.00. The molecule has 0 bridgehead atoms. The van der Waals surface area contributed by atoms with E-state index in [0.717, 1.165) is 10.7 Å². The average molecular weight is 226 g/mol. The Morgan fingerprint density at radius 1 is 1.27 bits per heavy atom. The molecule has 0 aliphatic carbocycles. The van der Waals surface area contributed by atoms with Gasteiger partial charge in [0.05, 0.1) is 22.2 Å². The molecule has 2 heterocycles. The summed E-state index contributed by atoms with van der Waals surface area (Å²) < 4.78 is 5.99. The van der Waals surface area contributed by atoms with Crippen LogP contribution in [0.25, 0.3) is 0 Å². The quantitative estimate of drug-likeness (QED) is 0.801. The van der Waals surface area contributed by atoms with Crippen LogP contribution in [0, 0.1) is 0 Å². The maximum Gasteiger partial charge on any atom is 0.110 e. The third-order valence-corrected chi connectivity index (χ3v) is 4.22. The Bertz CT molecular complexity index is 362. The summed E-state index contributed by atoms with van der Waals surface area (Å²) in [7, 11) is 0. The Hall–Kier alpha value is -0.450. The molecular weight excluding hydrogens is 208 g/mol. The molecule has 3 nitrogen and oxygen atoms in total. The van der Waals surface area contributed by atoms with Gasteiger partial charge in [0.2, 0.25) is 0 Å². The molecule has 84 valence electrons. The van der Waals surface area contributed by atoms with E-state index in [1.165, 1.54) is 4.88 Å². The zero-order valence-corrected chi connectivity index (χ0v) is 10.7. The van der Waals surface area contributed by atoms with Crippen molar-refractivity contribution in [3.8, 4) is 0 Å². The second kappa shape index (κ2) is 3.03. The zero-order valence-electron chi connectivity index (χ0n) is 9.92. The summed E-state index contributed by atoms with van der Waals surface area (Å²) in [6.45, 7) is 10.3. The van der Waals surface area contributed by atoms with Gasteiger partial charge in [0, 0.05) is 0 Å². The van der Waals surface area contributed by atoms with Gasteiger partial charge >= 0.3 is 0 Å². The highest BCUT2D eigenvalue weighted by atomic mass is 32.1. The molecule has 1 aliphatic heterocycles. The molecule has 2 rings (SSSR count). The third-order valence-electron chi connectivity index (χ3n) is 2.66. The Labute approximate surface area is 94.7 Å². The fraction of sp³-hybridized carbons (Fsp3) is 0.727. The van der Waals surface area contributed by atoms with Crippen LogP contribution in [0.5, 0.6) is 0 Å². The van der Waals surface area contributed by atoms with Crippen LogP contribution in [-0.2, 0) is 15.9 Å². The number of ether oxygens (including phenoxy) is 1. The van der Waals surface area contributed by atoms with Crippen molar-refractivity contribution >= 4 is 11.3 Å². The van der Waals surface area contributed by atoms with Gasteiger partial charge in [0.25, 0.3) is 0 Å². The van der Waals surface area contributed by atoms with Crippen molar-refractivity contribution in [2.45, 2.75) is 51.9 Å². The minimum Gasteiger partial charge on any atom is -0.358 e. The van der Waals surface area contributed by atoms with E-state index in [9.17, 15) is 0 Å². The van der Waals surface area contributed by atoms with Crippen molar-refractivity contribution < 1.29 is 4.74 Å². The molecule has 0 fully saturated rings. The highest BCUT2D eigenvalue weighted by molar-refractivity contribution is 7.12. The molecule has 1 aliphatic rings. The number of hydrogen-bond acceptors (Lipinski definition) is 4. The van der Waals surface area contributed by atoms with Crippen LogP contribution in [0.4, 0.5) is 0 Å². The van der Waals surface area contributed by atoms with Gasteiger partial charge in [-0.1, -0.05) is 0 Å². The van der Waals surface area contributed by atoms with E-state index in [4.69, 9.17) is 10.5 Å². The topological polar surface area (TPSA) is 48.1 Å². The molecule has 1 aromatic rings. The fourth-order valence-electron chi connectivity index (χ4n) is 2.08. The Kier molecular flexibility index (Phi) is 2.23. The van der Waals surface area contributed by atoms with Gasteiger partial charge in [0.1, 0.15) is 10.6 Å². The van der Waals surface area contributed by atoms with Gasteiger partial charge in [-0.3, -0.25) is 0 Å². The first-order chi connectivity index (χ1) is 6.74. The van der Waals surface area contributed by atoms with Crippen LogP contribution in [-0.4, -0.2) is 4.98 Å². The molecule has 0 amide bonds. The molecular formula is C11H18N2OS. The summed E-state index contributed by atoms with van der Waals surface area (Å²) in [4.78, 5) is 5.83. The molecule has 1 atom stereocenters. The number of hydrogen-bond donors (Lipinski definition) is 1. The lowest BCUT2D eigenvalue weighted by Crippen LogP contribution is -2.23. The van der Waals surface area contributed by atoms with E-state index in [1.807, 2.05) is 6.92 Å². The highest BCUT2D eigenvalue weighted by Gasteiger charge is 2.46. The van der Waals surface area contributed by atoms with Crippen LogP contribution < -0.4 is 5.73 Å². The van der Waals surface area contributed by atoms with Crippen LogP contribution in [0.1, 0.15) is 56.2 Å². The molecule has 0 saturated carbocycles. The first-order valence-corrected chi connectivity index (χ1v) is 6.03. The molecule has 1 unspecified atom stereocenters. The van der Waals surface area contributed by atoms with Crippen LogP contribution in [0.15, 0.2) is 0 Å². The Morgan fingerprint density at radius 2 is 1.87 bits per heavy atom. The fourth-order valence-corrected chi connectivity index (χ4v) is 3.29. The van der Waals surface area contributed by atoms with Crippen LogP contribution in [0.2, 0.25) is 0 Å². The van der Waals surface area contributed by atoms with Crippen molar-refractivity contribution in [2.75, 3.05) is 0 Å². The third kappa shape index (κ3) is 1.61.